The van der Waals surface area contributed by atoms with E-state index >= 15 is 0 Å². The van der Waals surface area contributed by atoms with Crippen LogP contribution in [0.5, 0.6) is 0 Å². The molecule has 0 spiro atoms. The first-order chi connectivity index (χ1) is 17.4. The molecule has 6 aromatic rings. The van der Waals surface area contributed by atoms with Gasteiger partial charge in [-0.05, 0) is 53.6 Å². The SMILES string of the molecule is Cc1ccc2c(n1)oc1c(-c3cc(C(C)(C)C)ccn3)[c-]ccc12.[Ir].[c-]1ccccc1-c1ccccn1. The molecule has 0 saturated carbocycles. The van der Waals surface area contributed by atoms with Crippen LogP contribution in [0.3, 0.4) is 0 Å². The molecule has 4 nitrogen and oxygen atoms in total. The Labute approximate surface area is 231 Å². The molecule has 0 aliphatic rings. The molecule has 1 radical (unpaired) electrons. The van der Waals surface area contributed by atoms with E-state index in [-0.39, 0.29) is 25.5 Å². The number of fused-ring (bicyclic) bond motifs is 3. The summed E-state index contributed by atoms with van der Waals surface area (Å²) in [7, 11) is 0. The summed E-state index contributed by atoms with van der Waals surface area (Å²) in [4.78, 5) is 13.3. The van der Waals surface area contributed by atoms with Crippen LogP contribution >= 0.6 is 0 Å². The van der Waals surface area contributed by atoms with Gasteiger partial charge in [0, 0.05) is 43.6 Å². The minimum atomic E-state index is 0. The van der Waals surface area contributed by atoms with Crippen molar-refractivity contribution in [2.45, 2.75) is 33.1 Å². The van der Waals surface area contributed by atoms with Crippen molar-refractivity contribution in [1.82, 2.24) is 15.0 Å². The molecule has 0 fully saturated rings. The van der Waals surface area contributed by atoms with Gasteiger partial charge in [0.2, 0.25) is 5.71 Å². The largest absolute Gasteiger partial charge is 0.486 e. The minimum absolute atomic E-state index is 0. The topological polar surface area (TPSA) is 51.8 Å². The third-order valence-electron chi connectivity index (χ3n) is 5.97. The molecule has 4 aromatic heterocycles. The van der Waals surface area contributed by atoms with Crippen LogP contribution in [0.2, 0.25) is 0 Å². The summed E-state index contributed by atoms with van der Waals surface area (Å²) in [6.07, 6.45) is 3.64. The van der Waals surface area contributed by atoms with Crippen molar-refractivity contribution in [2.24, 2.45) is 0 Å². The van der Waals surface area contributed by atoms with Crippen molar-refractivity contribution < 1.29 is 24.5 Å². The smallest absolute Gasteiger partial charge is 0.216 e. The van der Waals surface area contributed by atoms with E-state index < -0.39 is 0 Å². The number of benzene rings is 2. The van der Waals surface area contributed by atoms with E-state index in [0.29, 0.717) is 5.71 Å². The van der Waals surface area contributed by atoms with Crippen LogP contribution < -0.4 is 0 Å². The first-order valence-corrected chi connectivity index (χ1v) is 12.0. The Kier molecular flexibility index (Phi) is 7.97. The first-order valence-electron chi connectivity index (χ1n) is 12.0. The maximum atomic E-state index is 6.06. The Morgan fingerprint density at radius 2 is 1.57 bits per heavy atom. The molecule has 0 unspecified atom stereocenters. The average Bonchev–Trinajstić information content (AvgIpc) is 3.27. The molecule has 5 heteroatoms. The predicted octanol–water partition coefficient (Wildman–Crippen LogP) is 8.00. The van der Waals surface area contributed by atoms with Gasteiger partial charge in [0.15, 0.2) is 0 Å². The van der Waals surface area contributed by atoms with E-state index in [1.807, 2.05) is 73.8 Å². The van der Waals surface area contributed by atoms with Crippen LogP contribution in [0.4, 0.5) is 0 Å². The molecule has 0 amide bonds. The molecule has 187 valence electrons. The Bertz CT molecular complexity index is 1580. The Hall–Kier alpha value is -3.66. The van der Waals surface area contributed by atoms with Gasteiger partial charge in [-0.3, -0.25) is 0 Å². The van der Waals surface area contributed by atoms with Crippen LogP contribution in [0, 0.1) is 19.1 Å². The summed E-state index contributed by atoms with van der Waals surface area (Å²) >= 11 is 0. The number of nitrogens with zero attached hydrogens (tertiary/aromatic N) is 3. The molecule has 0 aliphatic heterocycles. The molecule has 0 N–H and O–H groups in total. The summed E-state index contributed by atoms with van der Waals surface area (Å²) in [6, 6.07) is 32.3. The molecule has 0 saturated heterocycles. The Morgan fingerprint density at radius 3 is 2.30 bits per heavy atom. The van der Waals surface area contributed by atoms with Crippen LogP contribution in [0.15, 0.2) is 95.7 Å². The van der Waals surface area contributed by atoms with Gasteiger partial charge in [-0.15, -0.1) is 54.1 Å². The van der Waals surface area contributed by atoms with Crippen molar-refractivity contribution >= 4 is 22.1 Å². The fraction of sp³-hybridized carbons (Fsp3) is 0.156. The standard InChI is InChI=1S/C21H19N2O.C11H8N.Ir/c1-13-8-9-16-15-6-5-7-17(19(15)24-20(16)23-13)18-12-14(10-11-22-18)21(2,3)4;1-2-6-10(7-3-1)11-8-4-5-9-12-11;/h5-6,8-12H,1-4H3;1-6,8-9H;/q2*-1;. The molecule has 0 aliphatic carbocycles. The maximum absolute atomic E-state index is 6.06. The average molecular weight is 662 g/mol. The third-order valence-corrected chi connectivity index (χ3v) is 5.97. The Balaban J connectivity index is 0.000000208. The second-order valence-electron chi connectivity index (χ2n) is 9.67. The van der Waals surface area contributed by atoms with E-state index in [2.05, 4.69) is 66.1 Å². The van der Waals surface area contributed by atoms with Gasteiger partial charge in [-0.1, -0.05) is 49.9 Å². The van der Waals surface area contributed by atoms with Gasteiger partial charge >= 0.3 is 0 Å². The van der Waals surface area contributed by atoms with E-state index in [1.54, 1.807) is 6.20 Å². The molecule has 6 rings (SSSR count). The van der Waals surface area contributed by atoms with Crippen LogP contribution in [-0.4, -0.2) is 15.0 Å². The molecule has 0 bridgehead atoms. The fourth-order valence-electron chi connectivity index (χ4n) is 4.01. The third kappa shape index (κ3) is 5.85. The van der Waals surface area contributed by atoms with E-state index in [1.165, 1.54) is 5.56 Å². The number of pyridine rings is 3. The van der Waals surface area contributed by atoms with Gasteiger partial charge in [0.25, 0.3) is 0 Å². The van der Waals surface area contributed by atoms with Gasteiger partial charge in [-0.25, -0.2) is 4.98 Å². The molecular formula is C32H27IrN3O-2. The normalized spacial score (nSPS) is 11.0. The molecule has 2 aromatic carbocycles. The number of furan rings is 1. The number of rotatable bonds is 2. The molecule has 4 heterocycles. The summed E-state index contributed by atoms with van der Waals surface area (Å²) in [5.41, 5.74) is 7.48. The van der Waals surface area contributed by atoms with Gasteiger partial charge in [0.1, 0.15) is 0 Å². The van der Waals surface area contributed by atoms with Crippen LogP contribution in [0.1, 0.15) is 32.0 Å². The van der Waals surface area contributed by atoms with Crippen LogP contribution in [0.25, 0.3) is 44.6 Å². The number of hydrogen-bond donors (Lipinski definition) is 0. The first kappa shape index (κ1) is 26.4. The number of aromatic nitrogens is 3. The van der Waals surface area contributed by atoms with Crippen molar-refractivity contribution in [3.05, 3.63) is 115 Å². The van der Waals surface area contributed by atoms with Crippen molar-refractivity contribution in [3.8, 4) is 22.5 Å². The van der Waals surface area contributed by atoms with Crippen molar-refractivity contribution in [3.63, 3.8) is 0 Å². The second-order valence-corrected chi connectivity index (χ2v) is 9.67. The summed E-state index contributed by atoms with van der Waals surface area (Å²) in [6.45, 7) is 8.56. The van der Waals surface area contributed by atoms with Crippen LogP contribution in [-0.2, 0) is 25.5 Å². The number of aryl methyl sites for hydroxylation is 1. The number of hydrogen-bond acceptors (Lipinski definition) is 4. The molecule has 0 atom stereocenters. The van der Waals surface area contributed by atoms with Gasteiger partial charge < -0.3 is 14.4 Å². The zero-order chi connectivity index (χ0) is 25.1. The minimum Gasteiger partial charge on any atom is -0.486 e. The molecular weight excluding hydrogens is 635 g/mol. The van der Waals surface area contributed by atoms with Crippen molar-refractivity contribution in [2.75, 3.05) is 0 Å². The quantitative estimate of drug-likeness (QED) is 0.177. The predicted molar refractivity (Wildman–Crippen MR) is 146 cm³/mol. The Morgan fingerprint density at radius 1 is 0.757 bits per heavy atom. The zero-order valence-corrected chi connectivity index (χ0v) is 23.6. The van der Waals surface area contributed by atoms with Gasteiger partial charge in [-0.2, -0.15) is 0 Å². The monoisotopic (exact) mass is 662 g/mol. The van der Waals surface area contributed by atoms with E-state index in [9.17, 15) is 0 Å². The fourth-order valence-corrected chi connectivity index (χ4v) is 4.01. The summed E-state index contributed by atoms with van der Waals surface area (Å²) in [5.74, 6) is 0. The van der Waals surface area contributed by atoms with E-state index in [0.717, 1.165) is 44.6 Å². The zero-order valence-electron chi connectivity index (χ0n) is 21.2. The summed E-state index contributed by atoms with van der Waals surface area (Å²) < 4.78 is 6.06. The van der Waals surface area contributed by atoms with E-state index in [4.69, 9.17) is 4.42 Å². The molecule has 37 heavy (non-hydrogen) atoms. The summed E-state index contributed by atoms with van der Waals surface area (Å²) in [5, 5.41) is 2.08. The van der Waals surface area contributed by atoms with Gasteiger partial charge in [0.05, 0.1) is 5.58 Å². The second kappa shape index (κ2) is 11.2. The maximum Gasteiger partial charge on any atom is 0.216 e. The van der Waals surface area contributed by atoms with Crippen molar-refractivity contribution in [1.29, 1.82) is 0 Å².